The van der Waals surface area contributed by atoms with Gasteiger partial charge in [-0.25, -0.2) is 0 Å². The fourth-order valence-electron chi connectivity index (χ4n) is 1.51. The molecule has 0 aliphatic carbocycles. The molecule has 0 aromatic rings. The van der Waals surface area contributed by atoms with Crippen LogP contribution in [-0.4, -0.2) is 25.0 Å². The van der Waals surface area contributed by atoms with Crippen LogP contribution in [0, 0.1) is 0 Å². The van der Waals surface area contributed by atoms with Crippen LogP contribution in [0.1, 0.15) is 26.7 Å². The van der Waals surface area contributed by atoms with Gasteiger partial charge in [-0.15, -0.1) is 0 Å². The van der Waals surface area contributed by atoms with Crippen molar-refractivity contribution in [2.24, 2.45) is 0 Å². The van der Waals surface area contributed by atoms with Crippen molar-refractivity contribution in [3.05, 3.63) is 36.5 Å². The second kappa shape index (κ2) is 6.61. The third kappa shape index (κ3) is 4.43. The average molecular weight is 193 g/mol. The highest BCUT2D eigenvalue weighted by atomic mass is 15.1. The lowest BCUT2D eigenvalue weighted by molar-refractivity contribution is 0.315. The van der Waals surface area contributed by atoms with Gasteiger partial charge >= 0.3 is 0 Å². The Morgan fingerprint density at radius 1 is 1.43 bits per heavy atom. The summed E-state index contributed by atoms with van der Waals surface area (Å²) < 4.78 is 0. The van der Waals surface area contributed by atoms with Crippen LogP contribution < -0.4 is 0 Å². The van der Waals surface area contributed by atoms with E-state index in [1.165, 1.54) is 5.57 Å². The van der Waals surface area contributed by atoms with E-state index in [4.69, 9.17) is 0 Å². The normalized spacial score (nSPS) is 14.2. The van der Waals surface area contributed by atoms with Crippen LogP contribution >= 0.6 is 0 Å². The molecule has 0 aliphatic rings. The van der Waals surface area contributed by atoms with Gasteiger partial charge in [0.1, 0.15) is 0 Å². The van der Waals surface area contributed by atoms with Crippen molar-refractivity contribution < 1.29 is 0 Å². The molecule has 0 aliphatic heterocycles. The maximum absolute atomic E-state index is 3.93. The van der Waals surface area contributed by atoms with Crippen LogP contribution in [0.5, 0.6) is 0 Å². The van der Waals surface area contributed by atoms with E-state index in [1.807, 2.05) is 6.08 Å². The highest BCUT2D eigenvalue weighted by Crippen LogP contribution is 2.16. The molecule has 0 spiro atoms. The van der Waals surface area contributed by atoms with Crippen LogP contribution in [-0.2, 0) is 0 Å². The summed E-state index contributed by atoms with van der Waals surface area (Å²) in [4.78, 5) is 2.26. The molecule has 1 nitrogen and oxygen atoms in total. The first kappa shape index (κ1) is 13.2. The Morgan fingerprint density at radius 2 is 2.00 bits per heavy atom. The Bertz CT molecular complexity index is 223. The number of hydrogen-bond acceptors (Lipinski definition) is 1. The molecular formula is C13H23N. The van der Waals surface area contributed by atoms with Crippen LogP contribution in [0.15, 0.2) is 36.5 Å². The summed E-state index contributed by atoms with van der Waals surface area (Å²) in [5, 5.41) is 0. The zero-order chi connectivity index (χ0) is 11.1. The second-order valence-electron chi connectivity index (χ2n) is 3.91. The standard InChI is InChI=1S/C13H23N/c1-7-11(3)9-10-13(14(5)6)12(4)8-2/h7-8,13H,1,3,9-10H2,2,4-6H3. The lowest BCUT2D eigenvalue weighted by Crippen LogP contribution is -2.28. The van der Waals surface area contributed by atoms with Crippen molar-refractivity contribution >= 4 is 0 Å². The van der Waals surface area contributed by atoms with Gasteiger partial charge in [-0.2, -0.15) is 0 Å². The molecule has 1 heteroatoms. The first-order valence-corrected chi connectivity index (χ1v) is 5.12. The molecule has 80 valence electrons. The van der Waals surface area contributed by atoms with Crippen LogP contribution in [0.2, 0.25) is 0 Å². The second-order valence-corrected chi connectivity index (χ2v) is 3.91. The first-order chi connectivity index (χ1) is 6.52. The molecule has 1 atom stereocenters. The van der Waals surface area contributed by atoms with Crippen LogP contribution in [0.3, 0.4) is 0 Å². The predicted molar refractivity (Wildman–Crippen MR) is 65.5 cm³/mol. The highest BCUT2D eigenvalue weighted by molar-refractivity contribution is 5.13. The minimum atomic E-state index is 0.525. The van der Waals surface area contributed by atoms with Crippen molar-refractivity contribution in [3.63, 3.8) is 0 Å². The van der Waals surface area contributed by atoms with Gasteiger partial charge in [0.15, 0.2) is 0 Å². The lowest BCUT2D eigenvalue weighted by Gasteiger charge is -2.25. The smallest absolute Gasteiger partial charge is 0.0301 e. The van der Waals surface area contributed by atoms with Crippen molar-refractivity contribution in [2.45, 2.75) is 32.7 Å². The predicted octanol–water partition coefficient (Wildman–Crippen LogP) is 3.41. The first-order valence-electron chi connectivity index (χ1n) is 5.12. The van der Waals surface area contributed by atoms with Crippen LogP contribution in [0.4, 0.5) is 0 Å². The SMILES string of the molecule is C=CC(=C)CCC(C(C)=CC)N(C)C. The Morgan fingerprint density at radius 3 is 2.36 bits per heavy atom. The van der Waals surface area contributed by atoms with Gasteiger partial charge in [-0.05, 0) is 40.8 Å². The summed E-state index contributed by atoms with van der Waals surface area (Å²) in [6.45, 7) is 11.9. The molecule has 0 amide bonds. The molecule has 0 N–H and O–H groups in total. The van der Waals surface area contributed by atoms with E-state index < -0.39 is 0 Å². The van der Waals surface area contributed by atoms with Crippen molar-refractivity contribution in [1.82, 2.24) is 4.90 Å². The fraction of sp³-hybridized carbons (Fsp3) is 0.538. The van der Waals surface area contributed by atoms with Gasteiger partial charge in [0.25, 0.3) is 0 Å². The quantitative estimate of drug-likeness (QED) is 0.461. The monoisotopic (exact) mass is 193 g/mol. The van der Waals surface area contributed by atoms with E-state index in [2.05, 4.69) is 52.1 Å². The van der Waals surface area contributed by atoms with Gasteiger partial charge in [0.2, 0.25) is 0 Å². The molecule has 0 fully saturated rings. The van der Waals surface area contributed by atoms with Gasteiger partial charge in [-0.1, -0.05) is 36.5 Å². The van der Waals surface area contributed by atoms with E-state index in [0.29, 0.717) is 6.04 Å². The average Bonchev–Trinajstić information content (AvgIpc) is 2.16. The summed E-state index contributed by atoms with van der Waals surface area (Å²) in [6, 6.07) is 0.525. The molecule has 0 aromatic carbocycles. The highest BCUT2D eigenvalue weighted by Gasteiger charge is 2.12. The third-order valence-corrected chi connectivity index (χ3v) is 2.63. The van der Waals surface area contributed by atoms with Crippen molar-refractivity contribution in [2.75, 3.05) is 14.1 Å². The summed E-state index contributed by atoms with van der Waals surface area (Å²) in [5.74, 6) is 0. The molecule has 0 aromatic heterocycles. The summed E-state index contributed by atoms with van der Waals surface area (Å²) in [6.07, 6.45) is 6.17. The lowest BCUT2D eigenvalue weighted by atomic mass is 9.99. The van der Waals surface area contributed by atoms with E-state index in [-0.39, 0.29) is 0 Å². The van der Waals surface area contributed by atoms with Gasteiger partial charge in [0, 0.05) is 6.04 Å². The zero-order valence-corrected chi connectivity index (χ0v) is 10.0. The maximum atomic E-state index is 3.93. The van der Waals surface area contributed by atoms with Gasteiger partial charge < -0.3 is 4.90 Å². The fourth-order valence-corrected chi connectivity index (χ4v) is 1.51. The van der Waals surface area contributed by atoms with Crippen molar-refractivity contribution in [3.8, 4) is 0 Å². The molecule has 1 unspecified atom stereocenters. The largest absolute Gasteiger partial charge is 0.303 e. The molecule has 0 bridgehead atoms. The summed E-state index contributed by atoms with van der Waals surface area (Å²) in [5.41, 5.74) is 2.55. The Hall–Kier alpha value is -0.820. The van der Waals surface area contributed by atoms with Crippen LogP contribution in [0.25, 0.3) is 0 Å². The topological polar surface area (TPSA) is 3.24 Å². The number of nitrogens with zero attached hydrogens (tertiary/aromatic N) is 1. The summed E-state index contributed by atoms with van der Waals surface area (Å²) >= 11 is 0. The minimum Gasteiger partial charge on any atom is -0.303 e. The maximum Gasteiger partial charge on any atom is 0.0301 e. The number of allylic oxidation sites excluding steroid dienone is 3. The summed E-state index contributed by atoms with van der Waals surface area (Å²) in [7, 11) is 4.24. The molecular weight excluding hydrogens is 170 g/mol. The molecule has 14 heavy (non-hydrogen) atoms. The third-order valence-electron chi connectivity index (χ3n) is 2.63. The van der Waals surface area contributed by atoms with Gasteiger partial charge in [-0.3, -0.25) is 0 Å². The molecule has 0 radical (unpaired) electrons. The Kier molecular flexibility index (Phi) is 6.22. The van der Waals surface area contributed by atoms with Crippen molar-refractivity contribution in [1.29, 1.82) is 0 Å². The molecule has 0 saturated heterocycles. The molecule has 0 heterocycles. The zero-order valence-electron chi connectivity index (χ0n) is 10.0. The number of likely N-dealkylation sites (N-methyl/N-ethyl adjacent to an activating group) is 1. The van der Waals surface area contributed by atoms with E-state index in [9.17, 15) is 0 Å². The van der Waals surface area contributed by atoms with E-state index in [1.54, 1.807) is 0 Å². The van der Waals surface area contributed by atoms with Gasteiger partial charge in [0.05, 0.1) is 0 Å². The van der Waals surface area contributed by atoms with E-state index in [0.717, 1.165) is 18.4 Å². The number of rotatable bonds is 6. The molecule has 0 saturated carbocycles. The Balaban J connectivity index is 4.25. The van der Waals surface area contributed by atoms with E-state index >= 15 is 0 Å². The number of hydrogen-bond donors (Lipinski definition) is 0. The Labute approximate surface area is 88.8 Å². The minimum absolute atomic E-state index is 0.525. The molecule has 0 rings (SSSR count).